The Hall–Kier alpha value is -3.73. The van der Waals surface area contributed by atoms with Crippen molar-refractivity contribution in [2.45, 2.75) is 24.3 Å². The zero-order valence-electron chi connectivity index (χ0n) is 15.6. The number of rotatable bonds is 4. The average molecular weight is 428 g/mol. The Morgan fingerprint density at radius 1 is 1.23 bits per heavy atom. The lowest BCUT2D eigenvalue weighted by Gasteiger charge is -2.22. The summed E-state index contributed by atoms with van der Waals surface area (Å²) in [6, 6.07) is 7.67. The third kappa shape index (κ3) is 2.90. The second kappa shape index (κ2) is 6.95. The summed E-state index contributed by atoms with van der Waals surface area (Å²) < 4.78 is 29.8. The highest BCUT2D eigenvalue weighted by atomic mass is 32.2. The number of pyridine rings is 2. The van der Waals surface area contributed by atoms with Crippen LogP contribution in [0.1, 0.15) is 24.9 Å². The third-order valence-corrected chi connectivity index (χ3v) is 6.12. The van der Waals surface area contributed by atoms with Crippen LogP contribution in [0, 0.1) is 0 Å². The van der Waals surface area contributed by atoms with Crippen molar-refractivity contribution in [2.24, 2.45) is 4.40 Å². The normalized spacial score (nSPS) is 15.7. The SMILES string of the molecule is CCC(C(=O)O)n1c(=O)c(C2=NS(=O)(=O)c3ccccc3N2)c(O)c2cccnc21. The minimum absolute atomic E-state index is 0.0299. The summed E-state index contributed by atoms with van der Waals surface area (Å²) in [5.74, 6) is -2.20. The van der Waals surface area contributed by atoms with Crippen LogP contribution >= 0.6 is 0 Å². The molecular weight excluding hydrogens is 412 g/mol. The number of aromatic hydroxyl groups is 1. The molecule has 0 saturated carbocycles. The largest absolute Gasteiger partial charge is 0.506 e. The minimum Gasteiger partial charge on any atom is -0.506 e. The van der Waals surface area contributed by atoms with Gasteiger partial charge in [0.1, 0.15) is 27.9 Å². The van der Waals surface area contributed by atoms with Crippen LogP contribution in [-0.4, -0.2) is 40.0 Å². The monoisotopic (exact) mass is 428 g/mol. The Bertz CT molecular complexity index is 1390. The van der Waals surface area contributed by atoms with Crippen molar-refractivity contribution in [3.63, 3.8) is 0 Å². The Morgan fingerprint density at radius 2 is 1.97 bits per heavy atom. The molecule has 3 heterocycles. The molecule has 4 rings (SSSR count). The minimum atomic E-state index is -4.15. The highest BCUT2D eigenvalue weighted by Gasteiger charge is 2.32. The first-order valence-corrected chi connectivity index (χ1v) is 10.4. The first-order chi connectivity index (χ1) is 14.3. The molecular formula is C19H16N4O6S. The molecule has 1 aliphatic rings. The summed E-state index contributed by atoms with van der Waals surface area (Å²) in [5, 5.41) is 23.3. The van der Waals surface area contributed by atoms with Crippen LogP contribution in [0.3, 0.4) is 0 Å². The maximum Gasteiger partial charge on any atom is 0.326 e. The van der Waals surface area contributed by atoms with Crippen molar-refractivity contribution in [3.8, 4) is 5.75 Å². The van der Waals surface area contributed by atoms with Gasteiger partial charge < -0.3 is 15.5 Å². The van der Waals surface area contributed by atoms with E-state index in [-0.39, 0.29) is 28.0 Å². The second-order valence-electron chi connectivity index (χ2n) is 6.57. The third-order valence-electron chi connectivity index (χ3n) is 4.79. The van der Waals surface area contributed by atoms with Crippen LogP contribution in [0.2, 0.25) is 0 Å². The van der Waals surface area contributed by atoms with Gasteiger partial charge in [0, 0.05) is 6.20 Å². The number of carboxylic acid groups (broad SMARTS) is 1. The van der Waals surface area contributed by atoms with Gasteiger partial charge in [-0.05, 0) is 30.7 Å². The number of amidine groups is 1. The van der Waals surface area contributed by atoms with Crippen LogP contribution in [0.25, 0.3) is 11.0 Å². The van der Waals surface area contributed by atoms with E-state index in [9.17, 15) is 28.2 Å². The smallest absolute Gasteiger partial charge is 0.326 e. The van der Waals surface area contributed by atoms with Gasteiger partial charge in [-0.1, -0.05) is 19.1 Å². The van der Waals surface area contributed by atoms with Gasteiger partial charge in [-0.2, -0.15) is 8.42 Å². The molecule has 30 heavy (non-hydrogen) atoms. The van der Waals surface area contributed by atoms with Gasteiger partial charge in [-0.25, -0.2) is 9.78 Å². The maximum atomic E-state index is 13.3. The number of carboxylic acids is 1. The molecule has 0 bridgehead atoms. The van der Waals surface area contributed by atoms with Crippen LogP contribution in [0.4, 0.5) is 5.69 Å². The van der Waals surface area contributed by atoms with Crippen molar-refractivity contribution >= 4 is 38.5 Å². The molecule has 1 atom stereocenters. The molecule has 0 saturated heterocycles. The molecule has 0 amide bonds. The number of anilines is 1. The van der Waals surface area contributed by atoms with E-state index in [4.69, 9.17) is 0 Å². The molecule has 1 unspecified atom stereocenters. The van der Waals surface area contributed by atoms with E-state index >= 15 is 0 Å². The van der Waals surface area contributed by atoms with Crippen LogP contribution in [-0.2, 0) is 14.8 Å². The van der Waals surface area contributed by atoms with Crippen LogP contribution in [0.15, 0.2) is 56.7 Å². The number of para-hydroxylation sites is 1. The van der Waals surface area contributed by atoms with E-state index in [0.29, 0.717) is 0 Å². The number of hydrogen-bond donors (Lipinski definition) is 3. The van der Waals surface area contributed by atoms with Crippen LogP contribution < -0.4 is 10.9 Å². The number of aromatic nitrogens is 2. The van der Waals surface area contributed by atoms with Crippen molar-refractivity contribution < 1.29 is 23.4 Å². The van der Waals surface area contributed by atoms with E-state index < -0.39 is 44.7 Å². The number of aliphatic carboxylic acids is 1. The second-order valence-corrected chi connectivity index (χ2v) is 8.14. The molecule has 3 aromatic rings. The molecule has 10 nitrogen and oxygen atoms in total. The van der Waals surface area contributed by atoms with Crippen molar-refractivity contribution in [1.29, 1.82) is 0 Å². The van der Waals surface area contributed by atoms with Gasteiger partial charge in [0.2, 0.25) is 0 Å². The number of sulfonamides is 1. The average Bonchev–Trinajstić information content (AvgIpc) is 2.70. The van der Waals surface area contributed by atoms with Crippen molar-refractivity contribution in [3.05, 3.63) is 58.5 Å². The fourth-order valence-electron chi connectivity index (χ4n) is 3.42. The van der Waals surface area contributed by atoms with Crippen LogP contribution in [0.5, 0.6) is 5.75 Å². The molecule has 3 N–H and O–H groups in total. The van der Waals surface area contributed by atoms with Gasteiger partial charge in [-0.15, -0.1) is 4.40 Å². The van der Waals surface area contributed by atoms with Gasteiger partial charge in [0.15, 0.2) is 5.84 Å². The highest BCUT2D eigenvalue weighted by molar-refractivity contribution is 7.90. The molecule has 1 aliphatic heterocycles. The number of hydrogen-bond acceptors (Lipinski definition) is 7. The van der Waals surface area contributed by atoms with Gasteiger partial charge in [0.25, 0.3) is 15.6 Å². The number of nitrogens with one attached hydrogen (secondary N) is 1. The molecule has 0 spiro atoms. The summed E-state index contributed by atoms with van der Waals surface area (Å²) in [5.41, 5.74) is -1.22. The number of fused-ring (bicyclic) bond motifs is 2. The molecule has 154 valence electrons. The van der Waals surface area contributed by atoms with E-state index in [0.717, 1.165) is 4.57 Å². The van der Waals surface area contributed by atoms with E-state index in [2.05, 4.69) is 14.7 Å². The predicted molar refractivity (Wildman–Crippen MR) is 108 cm³/mol. The summed E-state index contributed by atoms with van der Waals surface area (Å²) in [4.78, 5) is 29.1. The summed E-state index contributed by atoms with van der Waals surface area (Å²) in [6.07, 6.45) is 1.43. The van der Waals surface area contributed by atoms with Gasteiger partial charge in [0.05, 0.1) is 11.1 Å². The first kappa shape index (κ1) is 19.6. The number of nitrogens with zero attached hydrogens (tertiary/aromatic N) is 3. The zero-order valence-corrected chi connectivity index (χ0v) is 16.4. The summed E-state index contributed by atoms with van der Waals surface area (Å²) in [7, 11) is -4.15. The van der Waals surface area contributed by atoms with Crippen molar-refractivity contribution in [2.75, 3.05) is 5.32 Å². The maximum absolute atomic E-state index is 13.3. The predicted octanol–water partition coefficient (Wildman–Crippen LogP) is 1.70. The fourth-order valence-corrected chi connectivity index (χ4v) is 4.54. The molecule has 0 aliphatic carbocycles. The lowest BCUT2D eigenvalue weighted by atomic mass is 10.1. The Balaban J connectivity index is 2.08. The molecule has 1 aromatic carbocycles. The quantitative estimate of drug-likeness (QED) is 0.568. The van der Waals surface area contributed by atoms with E-state index in [1.165, 1.54) is 36.5 Å². The Kier molecular flexibility index (Phi) is 4.54. The first-order valence-electron chi connectivity index (χ1n) is 8.92. The van der Waals surface area contributed by atoms with E-state index in [1.54, 1.807) is 13.0 Å². The Morgan fingerprint density at radius 3 is 2.67 bits per heavy atom. The number of benzene rings is 1. The zero-order chi connectivity index (χ0) is 21.6. The van der Waals surface area contributed by atoms with Gasteiger partial charge in [-0.3, -0.25) is 9.36 Å². The van der Waals surface area contributed by atoms with Gasteiger partial charge >= 0.3 is 5.97 Å². The fraction of sp³-hybridized carbons (Fsp3) is 0.158. The topological polar surface area (TPSA) is 151 Å². The van der Waals surface area contributed by atoms with Crippen molar-refractivity contribution in [1.82, 2.24) is 9.55 Å². The lowest BCUT2D eigenvalue weighted by Crippen LogP contribution is -2.36. The summed E-state index contributed by atoms with van der Waals surface area (Å²) >= 11 is 0. The summed E-state index contributed by atoms with van der Waals surface area (Å²) in [6.45, 7) is 1.59. The standard InChI is InChI=1S/C19H16N4O6S/c1-2-12(19(26)27)23-17-10(6-5-9-20-17)15(24)14(18(23)25)16-21-11-7-3-4-8-13(11)30(28,29)22-16/h3-9,12,24H,2H2,1H3,(H,21,22)(H,26,27). The molecule has 0 fully saturated rings. The molecule has 11 heteroatoms. The van der Waals surface area contributed by atoms with E-state index in [1.807, 2.05) is 0 Å². The molecule has 2 aromatic heterocycles. The number of carbonyl (C=O) groups is 1. The molecule has 0 radical (unpaired) electrons. The highest BCUT2D eigenvalue weighted by Crippen LogP contribution is 2.32. The lowest BCUT2D eigenvalue weighted by molar-refractivity contribution is -0.141. The Labute approximate surface area is 170 Å².